The fourth-order valence-corrected chi connectivity index (χ4v) is 3.92. The lowest BCUT2D eigenvalue weighted by Gasteiger charge is -2.31. The van der Waals surface area contributed by atoms with Crippen LogP contribution in [0.15, 0.2) is 29.8 Å². The number of benzene rings is 1. The zero-order valence-electron chi connectivity index (χ0n) is 15.6. The molecule has 1 atom stereocenters. The predicted molar refractivity (Wildman–Crippen MR) is 111 cm³/mol. The number of nitrogens with one attached hydrogen (secondary N) is 2. The van der Waals surface area contributed by atoms with E-state index in [0.717, 1.165) is 19.4 Å². The first-order valence-corrected chi connectivity index (χ1v) is 10.4. The molecule has 2 aromatic rings. The number of hydrogen-bond donors (Lipinski definition) is 2. The standard InChI is InChI=1S/C19H23ClN4O3S/c1-27-16-5-4-14(20)11-15(16)22-17(25)6-9-24-8-2-3-13(12-24)18(26)23-19-21-7-10-28-19/h4-5,7,10-11,13H,2-3,6,8-9,12H2,1H3,(H,22,25)(H,21,23,26). The normalized spacial score (nSPS) is 17.1. The van der Waals surface area contributed by atoms with E-state index in [0.29, 0.717) is 41.1 Å². The molecule has 150 valence electrons. The largest absolute Gasteiger partial charge is 0.495 e. The fourth-order valence-electron chi connectivity index (χ4n) is 3.22. The first-order chi connectivity index (χ1) is 13.5. The zero-order chi connectivity index (χ0) is 19.9. The van der Waals surface area contributed by atoms with Crippen LogP contribution in [0.2, 0.25) is 5.02 Å². The van der Waals surface area contributed by atoms with Crippen LogP contribution >= 0.6 is 22.9 Å². The van der Waals surface area contributed by atoms with Crippen molar-refractivity contribution in [2.45, 2.75) is 19.3 Å². The topological polar surface area (TPSA) is 83.6 Å². The summed E-state index contributed by atoms with van der Waals surface area (Å²) in [6, 6.07) is 5.09. The second-order valence-corrected chi connectivity index (χ2v) is 7.94. The minimum absolute atomic E-state index is 0.00670. The molecular weight excluding hydrogens is 400 g/mol. The Morgan fingerprint density at radius 2 is 2.25 bits per heavy atom. The number of hydrogen-bond acceptors (Lipinski definition) is 6. The lowest BCUT2D eigenvalue weighted by Crippen LogP contribution is -2.41. The Labute approximate surface area is 173 Å². The van der Waals surface area contributed by atoms with Crippen LogP contribution < -0.4 is 15.4 Å². The number of ether oxygens (including phenoxy) is 1. The van der Waals surface area contributed by atoms with Gasteiger partial charge >= 0.3 is 0 Å². The zero-order valence-corrected chi connectivity index (χ0v) is 17.2. The van der Waals surface area contributed by atoms with Crippen molar-refractivity contribution in [2.75, 3.05) is 37.4 Å². The van der Waals surface area contributed by atoms with E-state index in [1.807, 2.05) is 5.38 Å². The smallest absolute Gasteiger partial charge is 0.230 e. The van der Waals surface area contributed by atoms with E-state index >= 15 is 0 Å². The first kappa shape index (κ1) is 20.6. The monoisotopic (exact) mass is 422 g/mol. The summed E-state index contributed by atoms with van der Waals surface area (Å²) in [4.78, 5) is 31.0. The summed E-state index contributed by atoms with van der Waals surface area (Å²) < 4.78 is 5.25. The van der Waals surface area contributed by atoms with Crippen LogP contribution in [0.3, 0.4) is 0 Å². The third-order valence-electron chi connectivity index (χ3n) is 4.63. The number of amides is 2. The van der Waals surface area contributed by atoms with Crippen molar-refractivity contribution in [3.63, 3.8) is 0 Å². The van der Waals surface area contributed by atoms with Crippen LogP contribution in [0, 0.1) is 5.92 Å². The lowest BCUT2D eigenvalue weighted by atomic mass is 9.97. The molecule has 3 rings (SSSR count). The van der Waals surface area contributed by atoms with Gasteiger partial charge in [0.15, 0.2) is 5.13 Å². The van der Waals surface area contributed by atoms with E-state index in [2.05, 4.69) is 20.5 Å². The van der Waals surface area contributed by atoms with Crippen molar-refractivity contribution in [3.05, 3.63) is 34.8 Å². The Morgan fingerprint density at radius 1 is 1.39 bits per heavy atom. The van der Waals surface area contributed by atoms with Gasteiger partial charge in [-0.1, -0.05) is 11.6 Å². The molecule has 0 aliphatic carbocycles. The molecule has 0 bridgehead atoms. The van der Waals surface area contributed by atoms with Gasteiger partial charge in [0.25, 0.3) is 0 Å². The summed E-state index contributed by atoms with van der Waals surface area (Å²) in [5, 5.41) is 8.69. The summed E-state index contributed by atoms with van der Waals surface area (Å²) in [7, 11) is 1.55. The van der Waals surface area contributed by atoms with Crippen LogP contribution in [-0.2, 0) is 9.59 Å². The highest BCUT2D eigenvalue weighted by atomic mass is 35.5. The minimum atomic E-state index is -0.116. The van der Waals surface area contributed by atoms with Gasteiger partial charge in [0.05, 0.1) is 18.7 Å². The number of carbonyl (C=O) groups excluding carboxylic acids is 2. The van der Waals surface area contributed by atoms with Crippen LogP contribution in [0.1, 0.15) is 19.3 Å². The van der Waals surface area contributed by atoms with E-state index in [1.165, 1.54) is 11.3 Å². The number of thiazole rings is 1. The van der Waals surface area contributed by atoms with Crippen molar-refractivity contribution >= 4 is 45.6 Å². The van der Waals surface area contributed by atoms with Crippen molar-refractivity contribution in [3.8, 4) is 5.75 Å². The molecule has 28 heavy (non-hydrogen) atoms. The average Bonchev–Trinajstić information content (AvgIpc) is 3.20. The SMILES string of the molecule is COc1ccc(Cl)cc1NC(=O)CCN1CCCC(C(=O)Nc2nccs2)C1. The molecule has 2 heterocycles. The van der Waals surface area contributed by atoms with Crippen molar-refractivity contribution < 1.29 is 14.3 Å². The number of piperidine rings is 1. The van der Waals surface area contributed by atoms with Crippen LogP contribution in [-0.4, -0.2) is 48.4 Å². The number of halogens is 1. The molecule has 1 aliphatic rings. The molecule has 2 amide bonds. The number of carbonyl (C=O) groups is 2. The molecule has 7 nitrogen and oxygen atoms in total. The number of rotatable bonds is 7. The average molecular weight is 423 g/mol. The summed E-state index contributed by atoms with van der Waals surface area (Å²) in [6.07, 6.45) is 3.77. The van der Waals surface area contributed by atoms with Crippen molar-refractivity contribution in [1.82, 2.24) is 9.88 Å². The van der Waals surface area contributed by atoms with E-state index < -0.39 is 0 Å². The Kier molecular flexibility index (Phi) is 7.24. The Balaban J connectivity index is 1.48. The Bertz CT molecular complexity index is 816. The highest BCUT2D eigenvalue weighted by Gasteiger charge is 2.26. The number of nitrogens with zero attached hydrogens (tertiary/aromatic N) is 2. The van der Waals surface area contributed by atoms with Gasteiger partial charge in [0, 0.05) is 36.1 Å². The Morgan fingerprint density at radius 3 is 3.00 bits per heavy atom. The summed E-state index contributed by atoms with van der Waals surface area (Å²) >= 11 is 7.40. The molecule has 1 fully saturated rings. The summed E-state index contributed by atoms with van der Waals surface area (Å²) in [5.74, 6) is 0.353. The molecule has 1 saturated heterocycles. The second kappa shape index (κ2) is 9.86. The van der Waals surface area contributed by atoms with E-state index in [9.17, 15) is 9.59 Å². The number of likely N-dealkylation sites (tertiary alicyclic amines) is 1. The lowest BCUT2D eigenvalue weighted by molar-refractivity contribution is -0.121. The van der Waals surface area contributed by atoms with Crippen molar-refractivity contribution in [2.24, 2.45) is 5.92 Å². The van der Waals surface area contributed by atoms with Gasteiger partial charge in [0.2, 0.25) is 11.8 Å². The predicted octanol–water partition coefficient (Wildman–Crippen LogP) is 3.48. The van der Waals surface area contributed by atoms with Gasteiger partial charge in [-0.3, -0.25) is 9.59 Å². The summed E-state index contributed by atoms with van der Waals surface area (Å²) in [6.45, 7) is 2.12. The molecular formula is C19H23ClN4O3S. The molecule has 0 spiro atoms. The number of anilines is 2. The quantitative estimate of drug-likeness (QED) is 0.713. The number of aromatic nitrogens is 1. The molecule has 0 saturated carbocycles. The van der Waals surface area contributed by atoms with Gasteiger partial charge in [-0.25, -0.2) is 4.98 Å². The molecule has 2 N–H and O–H groups in total. The maximum atomic E-state index is 12.4. The highest BCUT2D eigenvalue weighted by Crippen LogP contribution is 2.28. The third kappa shape index (κ3) is 5.67. The third-order valence-corrected chi connectivity index (χ3v) is 5.55. The van der Waals surface area contributed by atoms with E-state index in [-0.39, 0.29) is 17.7 Å². The van der Waals surface area contributed by atoms with Crippen LogP contribution in [0.25, 0.3) is 0 Å². The number of methoxy groups -OCH3 is 1. The molecule has 1 aromatic heterocycles. The van der Waals surface area contributed by atoms with Gasteiger partial charge in [-0.2, -0.15) is 0 Å². The maximum Gasteiger partial charge on any atom is 0.230 e. The fraction of sp³-hybridized carbons (Fsp3) is 0.421. The van der Waals surface area contributed by atoms with E-state index in [1.54, 1.807) is 31.5 Å². The minimum Gasteiger partial charge on any atom is -0.495 e. The second-order valence-electron chi connectivity index (χ2n) is 6.61. The molecule has 0 radical (unpaired) electrons. The van der Waals surface area contributed by atoms with E-state index in [4.69, 9.17) is 16.3 Å². The van der Waals surface area contributed by atoms with Crippen LogP contribution in [0.4, 0.5) is 10.8 Å². The van der Waals surface area contributed by atoms with Crippen LogP contribution in [0.5, 0.6) is 5.75 Å². The van der Waals surface area contributed by atoms with Gasteiger partial charge in [0.1, 0.15) is 5.75 Å². The Hall–Kier alpha value is -2.16. The van der Waals surface area contributed by atoms with Gasteiger partial charge < -0.3 is 20.3 Å². The highest BCUT2D eigenvalue weighted by molar-refractivity contribution is 7.13. The molecule has 1 aromatic carbocycles. The first-order valence-electron chi connectivity index (χ1n) is 9.11. The molecule has 1 unspecified atom stereocenters. The molecule has 1 aliphatic heterocycles. The van der Waals surface area contributed by atoms with Crippen molar-refractivity contribution in [1.29, 1.82) is 0 Å². The van der Waals surface area contributed by atoms with Gasteiger partial charge in [-0.15, -0.1) is 11.3 Å². The maximum absolute atomic E-state index is 12.4. The summed E-state index contributed by atoms with van der Waals surface area (Å²) in [5.41, 5.74) is 0.555. The van der Waals surface area contributed by atoms with Gasteiger partial charge in [-0.05, 0) is 37.6 Å². The molecule has 9 heteroatoms.